The largest absolute Gasteiger partial charge is 0.481 e. The van der Waals surface area contributed by atoms with E-state index in [9.17, 15) is 14.7 Å². The van der Waals surface area contributed by atoms with Crippen molar-refractivity contribution in [2.45, 2.75) is 13.3 Å². The van der Waals surface area contributed by atoms with E-state index in [1.807, 2.05) is 30.3 Å². The molecule has 6 nitrogen and oxygen atoms in total. The molecule has 22 heavy (non-hydrogen) atoms. The van der Waals surface area contributed by atoms with Crippen LogP contribution in [0.1, 0.15) is 21.6 Å². The van der Waals surface area contributed by atoms with Gasteiger partial charge in [0.15, 0.2) is 0 Å². The van der Waals surface area contributed by atoms with Crippen LogP contribution in [0.3, 0.4) is 0 Å². The second-order valence-electron chi connectivity index (χ2n) is 5.24. The van der Waals surface area contributed by atoms with Crippen molar-refractivity contribution in [3.8, 4) is 0 Å². The van der Waals surface area contributed by atoms with Crippen LogP contribution in [0.25, 0.3) is 0 Å². The van der Waals surface area contributed by atoms with Crippen molar-refractivity contribution in [3.05, 3.63) is 53.3 Å². The molecule has 116 valence electrons. The molecule has 0 aliphatic heterocycles. The van der Waals surface area contributed by atoms with E-state index in [2.05, 4.69) is 10.4 Å². The molecule has 0 aliphatic rings. The molecule has 0 saturated carbocycles. The number of nitrogens with zero attached hydrogens (tertiary/aromatic N) is 2. The van der Waals surface area contributed by atoms with Crippen molar-refractivity contribution >= 4 is 11.9 Å². The lowest BCUT2D eigenvalue weighted by Crippen LogP contribution is -2.34. The summed E-state index contributed by atoms with van der Waals surface area (Å²) >= 11 is 0. The first kappa shape index (κ1) is 15.8. The van der Waals surface area contributed by atoms with Gasteiger partial charge in [0, 0.05) is 19.8 Å². The highest BCUT2D eigenvalue weighted by Crippen LogP contribution is 2.10. The number of carboxylic acids is 1. The number of rotatable bonds is 6. The maximum atomic E-state index is 12.1. The average molecular weight is 301 g/mol. The summed E-state index contributed by atoms with van der Waals surface area (Å²) in [7, 11) is 1.74. The topological polar surface area (TPSA) is 84.2 Å². The van der Waals surface area contributed by atoms with Gasteiger partial charge in [0.1, 0.15) is 0 Å². The smallest absolute Gasteiger partial charge is 0.308 e. The lowest BCUT2D eigenvalue weighted by atomic mass is 9.99. The van der Waals surface area contributed by atoms with Gasteiger partial charge in [-0.1, -0.05) is 30.3 Å². The second kappa shape index (κ2) is 6.89. The third-order valence-corrected chi connectivity index (χ3v) is 3.44. The Morgan fingerprint density at radius 1 is 1.32 bits per heavy atom. The van der Waals surface area contributed by atoms with E-state index < -0.39 is 11.9 Å². The van der Waals surface area contributed by atoms with Gasteiger partial charge >= 0.3 is 5.97 Å². The highest BCUT2D eigenvalue weighted by molar-refractivity contribution is 5.95. The van der Waals surface area contributed by atoms with Crippen molar-refractivity contribution < 1.29 is 14.7 Å². The summed E-state index contributed by atoms with van der Waals surface area (Å²) in [5.74, 6) is -1.89. The summed E-state index contributed by atoms with van der Waals surface area (Å²) in [5, 5.41) is 16.1. The Bertz CT molecular complexity index is 665. The van der Waals surface area contributed by atoms with Crippen LogP contribution >= 0.6 is 0 Å². The SMILES string of the molecule is Cc1nn(C)cc1C(=O)NCC(Cc1ccccc1)C(=O)O. The summed E-state index contributed by atoms with van der Waals surface area (Å²) in [6.07, 6.45) is 2.00. The lowest BCUT2D eigenvalue weighted by molar-refractivity contribution is -0.141. The Kier molecular flexibility index (Phi) is 4.93. The van der Waals surface area contributed by atoms with Gasteiger partial charge in [0.2, 0.25) is 0 Å². The van der Waals surface area contributed by atoms with Crippen molar-refractivity contribution in [2.24, 2.45) is 13.0 Å². The molecular weight excluding hydrogens is 282 g/mol. The number of carbonyl (C=O) groups excluding carboxylic acids is 1. The van der Waals surface area contributed by atoms with Crippen LogP contribution < -0.4 is 5.32 Å². The highest BCUT2D eigenvalue weighted by Gasteiger charge is 2.20. The average Bonchev–Trinajstić information content (AvgIpc) is 2.82. The van der Waals surface area contributed by atoms with Gasteiger partial charge in [0.25, 0.3) is 5.91 Å². The van der Waals surface area contributed by atoms with E-state index in [1.54, 1.807) is 24.9 Å². The minimum Gasteiger partial charge on any atom is -0.481 e. The zero-order valence-electron chi connectivity index (χ0n) is 12.6. The minimum absolute atomic E-state index is 0.0807. The molecule has 6 heteroatoms. The first-order valence-corrected chi connectivity index (χ1v) is 7.02. The van der Waals surface area contributed by atoms with Crippen LogP contribution in [-0.2, 0) is 18.3 Å². The zero-order valence-corrected chi connectivity index (χ0v) is 12.6. The van der Waals surface area contributed by atoms with Crippen molar-refractivity contribution in [3.63, 3.8) is 0 Å². The number of aliphatic carboxylic acids is 1. The van der Waals surface area contributed by atoms with E-state index >= 15 is 0 Å². The molecule has 1 aromatic carbocycles. The predicted molar refractivity (Wildman–Crippen MR) is 81.6 cm³/mol. The van der Waals surface area contributed by atoms with Crippen LogP contribution in [0.4, 0.5) is 0 Å². The number of aromatic nitrogens is 2. The standard InChI is InChI=1S/C16H19N3O3/c1-11-14(10-19(2)18-11)15(20)17-9-13(16(21)22)8-12-6-4-3-5-7-12/h3-7,10,13H,8-9H2,1-2H3,(H,17,20)(H,21,22). The number of benzene rings is 1. The lowest BCUT2D eigenvalue weighted by Gasteiger charge is -2.13. The van der Waals surface area contributed by atoms with Crippen LogP contribution in [0.15, 0.2) is 36.5 Å². The second-order valence-corrected chi connectivity index (χ2v) is 5.24. The van der Waals surface area contributed by atoms with Crippen molar-refractivity contribution in [1.29, 1.82) is 0 Å². The van der Waals surface area contributed by atoms with Crippen LogP contribution in [-0.4, -0.2) is 33.3 Å². The first-order valence-electron chi connectivity index (χ1n) is 7.02. The molecule has 0 radical (unpaired) electrons. The minimum atomic E-state index is -0.924. The quantitative estimate of drug-likeness (QED) is 0.844. The van der Waals surface area contributed by atoms with Crippen molar-refractivity contribution in [2.75, 3.05) is 6.54 Å². The van der Waals surface area contributed by atoms with Crippen LogP contribution in [0.5, 0.6) is 0 Å². The monoisotopic (exact) mass is 301 g/mol. The number of aryl methyl sites for hydroxylation is 2. The van der Waals surface area contributed by atoms with E-state index in [0.29, 0.717) is 17.7 Å². The Hall–Kier alpha value is -2.63. The number of hydrogen-bond donors (Lipinski definition) is 2. The zero-order chi connectivity index (χ0) is 16.1. The molecule has 0 fully saturated rings. The first-order chi connectivity index (χ1) is 10.5. The maximum Gasteiger partial charge on any atom is 0.308 e. The summed E-state index contributed by atoms with van der Waals surface area (Å²) < 4.78 is 1.56. The number of hydrogen-bond acceptors (Lipinski definition) is 3. The van der Waals surface area contributed by atoms with Gasteiger partial charge in [0.05, 0.1) is 17.2 Å². The molecule has 2 aromatic rings. The fourth-order valence-corrected chi connectivity index (χ4v) is 2.28. The summed E-state index contributed by atoms with van der Waals surface area (Å²) in [6, 6.07) is 9.37. The number of nitrogens with one attached hydrogen (secondary N) is 1. The van der Waals surface area contributed by atoms with Crippen molar-refractivity contribution in [1.82, 2.24) is 15.1 Å². The Morgan fingerprint density at radius 3 is 2.55 bits per heavy atom. The molecule has 0 spiro atoms. The van der Waals surface area contributed by atoms with Gasteiger partial charge in [-0.3, -0.25) is 14.3 Å². The van der Waals surface area contributed by atoms with Gasteiger partial charge in [-0.25, -0.2) is 0 Å². The normalized spacial score (nSPS) is 11.9. The number of carboxylic acid groups (broad SMARTS) is 1. The molecule has 2 N–H and O–H groups in total. The van der Waals surface area contributed by atoms with Gasteiger partial charge in [-0.2, -0.15) is 5.10 Å². The molecule has 0 aliphatic carbocycles. The van der Waals surface area contributed by atoms with Gasteiger partial charge < -0.3 is 10.4 Å². The maximum absolute atomic E-state index is 12.1. The Morgan fingerprint density at radius 2 is 2.00 bits per heavy atom. The van der Waals surface area contributed by atoms with E-state index in [1.165, 1.54) is 0 Å². The van der Waals surface area contributed by atoms with E-state index in [4.69, 9.17) is 0 Å². The molecule has 1 unspecified atom stereocenters. The fraction of sp³-hybridized carbons (Fsp3) is 0.312. The van der Waals surface area contributed by atoms with E-state index in [-0.39, 0.29) is 12.5 Å². The molecular formula is C16H19N3O3. The van der Waals surface area contributed by atoms with Gasteiger partial charge in [-0.05, 0) is 18.9 Å². The molecule has 2 rings (SSSR count). The third kappa shape index (κ3) is 3.94. The number of amides is 1. The molecule has 0 bridgehead atoms. The van der Waals surface area contributed by atoms with Crippen LogP contribution in [0.2, 0.25) is 0 Å². The number of carbonyl (C=O) groups is 2. The fourth-order valence-electron chi connectivity index (χ4n) is 2.28. The molecule has 1 atom stereocenters. The summed E-state index contributed by atoms with van der Waals surface area (Å²) in [6.45, 7) is 1.82. The van der Waals surface area contributed by atoms with Crippen LogP contribution in [0, 0.1) is 12.8 Å². The predicted octanol–water partition coefficient (Wildman–Crippen LogP) is 1.40. The third-order valence-electron chi connectivity index (χ3n) is 3.44. The summed E-state index contributed by atoms with van der Waals surface area (Å²) in [5.41, 5.74) is 2.02. The highest BCUT2D eigenvalue weighted by atomic mass is 16.4. The molecule has 1 amide bonds. The summed E-state index contributed by atoms with van der Waals surface area (Å²) in [4.78, 5) is 23.5. The Balaban J connectivity index is 1.99. The Labute approximate surface area is 128 Å². The molecule has 1 heterocycles. The van der Waals surface area contributed by atoms with E-state index in [0.717, 1.165) is 5.56 Å². The molecule has 1 aromatic heterocycles. The molecule has 0 saturated heterocycles. The van der Waals surface area contributed by atoms with Gasteiger partial charge in [-0.15, -0.1) is 0 Å².